The van der Waals surface area contributed by atoms with E-state index in [0.29, 0.717) is 12.2 Å². The Hall–Kier alpha value is -2.92. The molecule has 2 aromatic carbocycles. The van der Waals surface area contributed by atoms with Crippen molar-refractivity contribution in [2.75, 3.05) is 45.1 Å². The van der Waals surface area contributed by atoms with Crippen molar-refractivity contribution in [3.05, 3.63) is 64.7 Å². The van der Waals surface area contributed by atoms with Crippen LogP contribution in [0.15, 0.2) is 48.5 Å². The average molecular weight is 426 g/mol. The van der Waals surface area contributed by atoms with E-state index in [0.717, 1.165) is 31.7 Å². The lowest BCUT2D eigenvalue weighted by molar-refractivity contribution is -0.136. The molecule has 7 nitrogen and oxygen atoms in total. The molecule has 1 aliphatic rings. The summed E-state index contributed by atoms with van der Waals surface area (Å²) in [6.45, 7) is 4.37. The second kappa shape index (κ2) is 10.2. The first-order valence-electron chi connectivity index (χ1n) is 9.73. The predicted molar refractivity (Wildman–Crippen MR) is 116 cm³/mol. The number of halogens is 1. The largest absolute Gasteiger partial charge is 0.340 e. The highest BCUT2D eigenvalue weighted by molar-refractivity contribution is 6.39. The highest BCUT2D eigenvalue weighted by atomic mass is 35.5. The van der Waals surface area contributed by atoms with E-state index in [1.54, 1.807) is 6.07 Å². The fourth-order valence-corrected chi connectivity index (χ4v) is 3.47. The zero-order valence-electron chi connectivity index (χ0n) is 16.8. The molecule has 0 saturated carbocycles. The van der Waals surface area contributed by atoms with Crippen LogP contribution in [0.5, 0.6) is 0 Å². The van der Waals surface area contributed by atoms with Crippen LogP contribution < -0.4 is 10.6 Å². The summed E-state index contributed by atoms with van der Waals surface area (Å²) in [6, 6.07) is 15.8. The second-order valence-corrected chi connectivity index (χ2v) is 7.71. The maximum Gasteiger partial charge on any atom is 0.313 e. The summed E-state index contributed by atoms with van der Waals surface area (Å²) in [4.78, 5) is 29.6. The number of amides is 2. The van der Waals surface area contributed by atoms with Gasteiger partial charge in [0.2, 0.25) is 0 Å². The van der Waals surface area contributed by atoms with Gasteiger partial charge in [-0.05, 0) is 30.8 Å². The Morgan fingerprint density at radius 1 is 1.10 bits per heavy atom. The maximum atomic E-state index is 12.6. The Bertz CT molecular complexity index is 936. The van der Waals surface area contributed by atoms with E-state index in [4.69, 9.17) is 16.9 Å². The van der Waals surface area contributed by atoms with Crippen molar-refractivity contribution in [2.24, 2.45) is 0 Å². The van der Waals surface area contributed by atoms with Crippen LogP contribution in [0.25, 0.3) is 0 Å². The number of nitrogens with zero attached hydrogens (tertiary/aromatic N) is 3. The summed E-state index contributed by atoms with van der Waals surface area (Å²) in [7, 11) is 2.09. The monoisotopic (exact) mass is 425 g/mol. The molecule has 2 N–H and O–H groups in total. The lowest BCUT2D eigenvalue weighted by Crippen LogP contribution is -2.48. The van der Waals surface area contributed by atoms with Crippen molar-refractivity contribution in [3.8, 4) is 6.07 Å². The Balaban J connectivity index is 1.68. The first kappa shape index (κ1) is 21.8. The molecule has 0 aliphatic carbocycles. The molecule has 1 saturated heterocycles. The van der Waals surface area contributed by atoms with Gasteiger partial charge in [0.05, 0.1) is 16.6 Å². The van der Waals surface area contributed by atoms with E-state index in [1.807, 2.05) is 36.4 Å². The number of benzene rings is 2. The van der Waals surface area contributed by atoms with Crippen molar-refractivity contribution in [1.29, 1.82) is 5.26 Å². The summed E-state index contributed by atoms with van der Waals surface area (Å²) in [5, 5.41) is 14.7. The molecule has 0 radical (unpaired) electrons. The third-order valence-electron chi connectivity index (χ3n) is 5.09. The number of nitrogens with one attached hydrogen (secondary N) is 2. The number of hydrogen-bond acceptors (Lipinski definition) is 5. The minimum atomic E-state index is -0.791. The van der Waals surface area contributed by atoms with Gasteiger partial charge in [-0.25, -0.2) is 0 Å². The van der Waals surface area contributed by atoms with Crippen LogP contribution in [0.1, 0.15) is 17.2 Å². The van der Waals surface area contributed by atoms with Crippen molar-refractivity contribution in [1.82, 2.24) is 15.1 Å². The molecular formula is C22H24ClN5O2. The number of hydrogen-bond donors (Lipinski definition) is 2. The first-order valence-corrected chi connectivity index (χ1v) is 10.1. The van der Waals surface area contributed by atoms with Crippen LogP contribution in [0.2, 0.25) is 5.02 Å². The Morgan fingerprint density at radius 2 is 1.80 bits per heavy atom. The van der Waals surface area contributed by atoms with Crippen LogP contribution in [0.3, 0.4) is 0 Å². The number of nitriles is 1. The van der Waals surface area contributed by atoms with Gasteiger partial charge in [0.15, 0.2) is 0 Å². The van der Waals surface area contributed by atoms with Gasteiger partial charge in [-0.15, -0.1) is 0 Å². The average Bonchev–Trinajstić information content (AvgIpc) is 2.76. The minimum absolute atomic E-state index is 0.229. The molecule has 1 aliphatic heterocycles. The van der Waals surface area contributed by atoms with E-state index >= 15 is 0 Å². The third kappa shape index (κ3) is 5.80. The predicted octanol–water partition coefficient (Wildman–Crippen LogP) is 2.26. The smallest absolute Gasteiger partial charge is 0.313 e. The zero-order chi connectivity index (χ0) is 21.5. The Morgan fingerprint density at radius 3 is 2.47 bits per heavy atom. The lowest BCUT2D eigenvalue weighted by Gasteiger charge is -2.35. The standard InChI is InChI=1S/C22H24ClN5O2/c1-27-9-11-28(12-10-27)15-20(16-5-3-2-4-6-16)26-22(30)21(29)25-18-7-8-19(23)17(13-18)14-24/h2-8,13,20H,9-12,15H2,1H3,(H,25,29)(H,26,30)/t20-/m1/s1. The fraction of sp³-hybridized carbons (Fsp3) is 0.318. The number of rotatable bonds is 5. The Labute approximate surface area is 181 Å². The number of piperazine rings is 1. The Kier molecular flexibility index (Phi) is 7.41. The normalized spacial score (nSPS) is 15.8. The van der Waals surface area contributed by atoms with Crippen molar-refractivity contribution in [2.45, 2.75) is 6.04 Å². The van der Waals surface area contributed by atoms with Crippen LogP contribution >= 0.6 is 11.6 Å². The van der Waals surface area contributed by atoms with Crippen molar-refractivity contribution < 1.29 is 9.59 Å². The van der Waals surface area contributed by atoms with E-state index in [-0.39, 0.29) is 16.6 Å². The molecule has 3 rings (SSSR count). The second-order valence-electron chi connectivity index (χ2n) is 7.30. The van der Waals surface area contributed by atoms with Crippen molar-refractivity contribution in [3.63, 3.8) is 0 Å². The number of carbonyl (C=O) groups excluding carboxylic acids is 2. The van der Waals surface area contributed by atoms with E-state index in [1.165, 1.54) is 12.1 Å². The fourth-order valence-electron chi connectivity index (χ4n) is 3.31. The highest BCUT2D eigenvalue weighted by Gasteiger charge is 2.24. The molecule has 0 unspecified atom stereocenters. The number of anilines is 1. The highest BCUT2D eigenvalue weighted by Crippen LogP contribution is 2.20. The van der Waals surface area contributed by atoms with Crippen LogP contribution in [-0.2, 0) is 9.59 Å². The van der Waals surface area contributed by atoms with Gasteiger partial charge in [-0.1, -0.05) is 41.9 Å². The summed E-state index contributed by atoms with van der Waals surface area (Å²) in [6.07, 6.45) is 0. The quantitative estimate of drug-likeness (QED) is 0.717. The maximum absolute atomic E-state index is 12.6. The lowest BCUT2D eigenvalue weighted by atomic mass is 10.1. The van der Waals surface area contributed by atoms with E-state index < -0.39 is 11.8 Å². The van der Waals surface area contributed by atoms with Gasteiger partial charge in [0.25, 0.3) is 0 Å². The number of likely N-dealkylation sites (N-methyl/N-ethyl adjacent to an activating group) is 1. The molecular weight excluding hydrogens is 402 g/mol. The summed E-state index contributed by atoms with van der Waals surface area (Å²) in [5.74, 6) is -1.52. The third-order valence-corrected chi connectivity index (χ3v) is 5.42. The molecule has 1 fully saturated rings. The summed E-state index contributed by atoms with van der Waals surface area (Å²) < 4.78 is 0. The van der Waals surface area contributed by atoms with Crippen LogP contribution in [-0.4, -0.2) is 61.4 Å². The molecule has 2 aromatic rings. The molecule has 1 heterocycles. The number of carbonyl (C=O) groups is 2. The molecule has 0 aromatic heterocycles. The molecule has 156 valence electrons. The summed E-state index contributed by atoms with van der Waals surface area (Å²) >= 11 is 5.91. The van der Waals surface area contributed by atoms with E-state index in [2.05, 4.69) is 27.5 Å². The van der Waals surface area contributed by atoms with Gasteiger partial charge in [-0.2, -0.15) is 5.26 Å². The van der Waals surface area contributed by atoms with Crippen LogP contribution in [0, 0.1) is 11.3 Å². The summed E-state index contributed by atoms with van der Waals surface area (Å²) in [5.41, 5.74) is 1.51. The van der Waals surface area contributed by atoms with Gasteiger partial charge in [0, 0.05) is 38.4 Å². The van der Waals surface area contributed by atoms with Gasteiger partial charge < -0.3 is 15.5 Å². The van der Waals surface area contributed by atoms with Crippen molar-refractivity contribution >= 4 is 29.1 Å². The molecule has 1 atom stereocenters. The molecule has 8 heteroatoms. The van der Waals surface area contributed by atoms with E-state index in [9.17, 15) is 9.59 Å². The SMILES string of the molecule is CN1CCN(C[C@@H](NC(=O)C(=O)Nc2ccc(Cl)c(C#N)c2)c2ccccc2)CC1. The molecule has 0 spiro atoms. The van der Waals surface area contributed by atoms with Crippen LogP contribution in [0.4, 0.5) is 5.69 Å². The zero-order valence-corrected chi connectivity index (χ0v) is 17.5. The molecule has 2 amide bonds. The van der Waals surface area contributed by atoms with Gasteiger partial charge in [0.1, 0.15) is 6.07 Å². The first-order chi connectivity index (χ1) is 14.5. The molecule has 0 bridgehead atoms. The molecule has 30 heavy (non-hydrogen) atoms. The van der Waals surface area contributed by atoms with Gasteiger partial charge >= 0.3 is 11.8 Å². The minimum Gasteiger partial charge on any atom is -0.340 e. The topological polar surface area (TPSA) is 88.5 Å². The van der Waals surface area contributed by atoms with Gasteiger partial charge in [-0.3, -0.25) is 14.5 Å².